The van der Waals surface area contributed by atoms with Crippen molar-refractivity contribution >= 4 is 28.4 Å². The SMILES string of the molecule is COc1ccc(Nc2ncccc2C(=O)N2CCOC[C@H](Cc3cccc4occc34)C2)cc1. The van der Waals surface area contributed by atoms with Gasteiger partial charge in [-0.25, -0.2) is 4.98 Å². The largest absolute Gasteiger partial charge is 0.497 e. The Morgan fingerprint density at radius 1 is 1.15 bits per heavy atom. The van der Waals surface area contributed by atoms with E-state index in [1.54, 1.807) is 25.6 Å². The number of carbonyl (C=O) groups is 1. The van der Waals surface area contributed by atoms with Crippen LogP contribution in [0.4, 0.5) is 11.5 Å². The van der Waals surface area contributed by atoms with Crippen LogP contribution < -0.4 is 10.1 Å². The fourth-order valence-electron chi connectivity index (χ4n) is 4.39. The first kappa shape index (κ1) is 22.0. The van der Waals surface area contributed by atoms with Gasteiger partial charge in [0.1, 0.15) is 17.2 Å². The Balaban J connectivity index is 1.34. The minimum atomic E-state index is -0.0545. The Kier molecular flexibility index (Phi) is 6.44. The molecule has 34 heavy (non-hydrogen) atoms. The molecule has 1 amide bonds. The van der Waals surface area contributed by atoms with Gasteiger partial charge in [0.05, 0.1) is 32.2 Å². The van der Waals surface area contributed by atoms with E-state index in [4.69, 9.17) is 13.9 Å². The third kappa shape index (κ3) is 4.75. The summed E-state index contributed by atoms with van der Waals surface area (Å²) in [5.74, 6) is 1.43. The smallest absolute Gasteiger partial charge is 0.257 e. The van der Waals surface area contributed by atoms with Crippen LogP contribution in [0.2, 0.25) is 0 Å². The van der Waals surface area contributed by atoms with Crippen molar-refractivity contribution < 1.29 is 18.7 Å². The van der Waals surface area contributed by atoms with Gasteiger partial charge in [0.15, 0.2) is 0 Å². The standard InChI is InChI=1S/C27H27N3O4/c1-32-22-9-7-21(8-10-22)29-26-24(5-3-12-28-26)27(31)30-13-15-33-18-19(17-30)16-20-4-2-6-25-23(20)11-14-34-25/h2-12,14,19H,13,15-18H2,1H3,(H,28,29)/t19-/m1/s1. The van der Waals surface area contributed by atoms with Gasteiger partial charge >= 0.3 is 0 Å². The van der Waals surface area contributed by atoms with Gasteiger partial charge in [0.25, 0.3) is 5.91 Å². The average Bonchev–Trinajstić information content (AvgIpc) is 3.24. The second kappa shape index (κ2) is 9.97. The maximum atomic E-state index is 13.6. The van der Waals surface area contributed by atoms with Gasteiger partial charge in [-0.3, -0.25) is 4.79 Å². The molecule has 0 spiro atoms. The fourth-order valence-corrected chi connectivity index (χ4v) is 4.39. The number of hydrogen-bond donors (Lipinski definition) is 1. The predicted octanol–water partition coefficient (Wildman–Crippen LogP) is 4.91. The lowest BCUT2D eigenvalue weighted by molar-refractivity contribution is 0.0738. The molecule has 1 fully saturated rings. The Bertz CT molecular complexity index is 1270. The second-order valence-electron chi connectivity index (χ2n) is 8.40. The number of hydrogen-bond acceptors (Lipinski definition) is 6. The monoisotopic (exact) mass is 457 g/mol. The van der Waals surface area contributed by atoms with E-state index in [0.29, 0.717) is 37.7 Å². The van der Waals surface area contributed by atoms with Crippen LogP contribution in [0.25, 0.3) is 11.0 Å². The third-order valence-electron chi connectivity index (χ3n) is 6.11. The highest BCUT2D eigenvalue weighted by atomic mass is 16.5. The summed E-state index contributed by atoms with van der Waals surface area (Å²) in [6.07, 6.45) is 4.21. The summed E-state index contributed by atoms with van der Waals surface area (Å²) < 4.78 is 16.6. The van der Waals surface area contributed by atoms with Crippen molar-refractivity contribution in [2.24, 2.45) is 5.92 Å². The van der Waals surface area contributed by atoms with E-state index in [9.17, 15) is 4.79 Å². The van der Waals surface area contributed by atoms with Crippen molar-refractivity contribution in [2.75, 3.05) is 38.7 Å². The molecule has 7 nitrogen and oxygen atoms in total. The van der Waals surface area contributed by atoms with Crippen LogP contribution in [0.3, 0.4) is 0 Å². The molecule has 2 aromatic heterocycles. The average molecular weight is 458 g/mol. The van der Waals surface area contributed by atoms with Crippen molar-refractivity contribution in [1.29, 1.82) is 0 Å². The van der Waals surface area contributed by atoms with Gasteiger partial charge < -0.3 is 24.1 Å². The molecule has 0 bridgehead atoms. The molecule has 0 saturated carbocycles. The molecule has 3 heterocycles. The van der Waals surface area contributed by atoms with Gasteiger partial charge in [0, 0.05) is 36.3 Å². The number of methoxy groups -OCH3 is 1. The van der Waals surface area contributed by atoms with E-state index >= 15 is 0 Å². The first-order valence-electron chi connectivity index (χ1n) is 11.4. The molecule has 1 aliphatic heterocycles. The lowest BCUT2D eigenvalue weighted by atomic mass is 9.97. The quantitative estimate of drug-likeness (QED) is 0.443. The van der Waals surface area contributed by atoms with Crippen molar-refractivity contribution in [3.63, 3.8) is 0 Å². The number of nitrogens with one attached hydrogen (secondary N) is 1. The summed E-state index contributed by atoms with van der Waals surface area (Å²) in [5.41, 5.74) is 3.46. The summed E-state index contributed by atoms with van der Waals surface area (Å²) in [6.45, 7) is 2.29. The molecule has 1 N–H and O–H groups in total. The van der Waals surface area contributed by atoms with E-state index < -0.39 is 0 Å². The number of amides is 1. The van der Waals surface area contributed by atoms with Crippen molar-refractivity contribution in [3.8, 4) is 5.75 Å². The molecule has 1 saturated heterocycles. The molecule has 0 aliphatic carbocycles. The minimum absolute atomic E-state index is 0.0545. The highest BCUT2D eigenvalue weighted by Gasteiger charge is 2.26. The number of nitrogens with zero attached hydrogens (tertiary/aromatic N) is 2. The number of pyridine rings is 1. The van der Waals surface area contributed by atoms with Crippen LogP contribution in [0.15, 0.2) is 77.5 Å². The van der Waals surface area contributed by atoms with E-state index in [-0.39, 0.29) is 11.8 Å². The summed E-state index contributed by atoms with van der Waals surface area (Å²) in [7, 11) is 1.63. The fraction of sp³-hybridized carbons (Fsp3) is 0.259. The van der Waals surface area contributed by atoms with Crippen molar-refractivity contribution in [2.45, 2.75) is 6.42 Å². The third-order valence-corrected chi connectivity index (χ3v) is 6.11. The van der Waals surface area contributed by atoms with Gasteiger partial charge in [0.2, 0.25) is 0 Å². The highest BCUT2D eigenvalue weighted by molar-refractivity contribution is 5.99. The zero-order chi connectivity index (χ0) is 23.3. The second-order valence-corrected chi connectivity index (χ2v) is 8.40. The topological polar surface area (TPSA) is 76.8 Å². The van der Waals surface area contributed by atoms with Crippen LogP contribution in [-0.2, 0) is 11.2 Å². The predicted molar refractivity (Wildman–Crippen MR) is 131 cm³/mol. The minimum Gasteiger partial charge on any atom is -0.497 e. The lowest BCUT2D eigenvalue weighted by Gasteiger charge is -2.25. The van der Waals surface area contributed by atoms with Crippen molar-refractivity contribution in [1.82, 2.24) is 9.88 Å². The zero-order valence-electron chi connectivity index (χ0n) is 19.1. The highest BCUT2D eigenvalue weighted by Crippen LogP contribution is 2.26. The normalized spacial score (nSPS) is 16.3. The summed E-state index contributed by atoms with van der Waals surface area (Å²) in [6, 6.07) is 19.2. The van der Waals surface area contributed by atoms with E-state index in [1.165, 1.54) is 5.56 Å². The first-order chi connectivity index (χ1) is 16.7. The molecule has 7 heteroatoms. The first-order valence-corrected chi connectivity index (χ1v) is 11.4. The number of aromatic nitrogens is 1. The molecular weight excluding hydrogens is 430 g/mol. The summed E-state index contributed by atoms with van der Waals surface area (Å²) in [4.78, 5) is 19.9. The number of carbonyl (C=O) groups excluding carboxylic acids is 1. The van der Waals surface area contributed by atoms with Crippen LogP contribution >= 0.6 is 0 Å². The van der Waals surface area contributed by atoms with Crippen LogP contribution in [0.1, 0.15) is 15.9 Å². The number of anilines is 2. The Hall–Kier alpha value is -3.84. The van der Waals surface area contributed by atoms with Crippen LogP contribution in [-0.4, -0.2) is 49.2 Å². The number of benzene rings is 2. The number of rotatable bonds is 6. The lowest BCUT2D eigenvalue weighted by Crippen LogP contribution is -2.36. The van der Waals surface area contributed by atoms with Crippen LogP contribution in [0, 0.1) is 5.92 Å². The van der Waals surface area contributed by atoms with Crippen LogP contribution in [0.5, 0.6) is 5.75 Å². The Morgan fingerprint density at radius 2 is 2.03 bits per heavy atom. The van der Waals surface area contributed by atoms with Gasteiger partial charge in [-0.1, -0.05) is 12.1 Å². The molecule has 174 valence electrons. The van der Waals surface area contributed by atoms with Gasteiger partial charge in [-0.15, -0.1) is 0 Å². The van der Waals surface area contributed by atoms with E-state index in [2.05, 4.69) is 16.4 Å². The molecular formula is C27H27N3O4. The summed E-state index contributed by atoms with van der Waals surface area (Å²) in [5, 5.41) is 4.39. The Morgan fingerprint density at radius 3 is 2.88 bits per heavy atom. The molecule has 1 atom stereocenters. The molecule has 4 aromatic rings. The number of furan rings is 1. The summed E-state index contributed by atoms with van der Waals surface area (Å²) >= 11 is 0. The number of fused-ring (bicyclic) bond motifs is 1. The van der Waals surface area contributed by atoms with E-state index in [1.807, 2.05) is 53.4 Å². The van der Waals surface area contributed by atoms with Gasteiger partial charge in [-0.05, 0) is 60.5 Å². The molecule has 0 unspecified atom stereocenters. The molecule has 0 radical (unpaired) electrons. The maximum absolute atomic E-state index is 13.6. The molecule has 5 rings (SSSR count). The van der Waals surface area contributed by atoms with Crippen molar-refractivity contribution in [3.05, 3.63) is 84.3 Å². The Labute approximate surface area is 198 Å². The zero-order valence-corrected chi connectivity index (χ0v) is 19.1. The molecule has 1 aliphatic rings. The maximum Gasteiger partial charge on any atom is 0.257 e. The molecule has 2 aromatic carbocycles. The number of ether oxygens (including phenoxy) is 2. The van der Waals surface area contributed by atoms with E-state index in [0.717, 1.165) is 28.8 Å². The van der Waals surface area contributed by atoms with Gasteiger partial charge in [-0.2, -0.15) is 0 Å².